The molecule has 0 bridgehead atoms. The fourth-order valence-electron chi connectivity index (χ4n) is 4.83. The number of carbonyl (C=O) groups is 1. The van der Waals surface area contributed by atoms with Crippen LogP contribution in [0.25, 0.3) is 22.4 Å². The van der Waals surface area contributed by atoms with E-state index in [0.717, 1.165) is 47.4 Å². The first-order chi connectivity index (χ1) is 13.3. The number of nitrogens with one attached hydrogen (secondary N) is 1. The maximum absolute atomic E-state index is 13.3. The van der Waals surface area contributed by atoms with Gasteiger partial charge in [0.2, 0.25) is 0 Å². The Labute approximate surface area is 158 Å². The molecule has 5 heteroatoms. The van der Waals surface area contributed by atoms with Crippen LogP contribution >= 0.6 is 0 Å². The molecule has 1 saturated heterocycles. The molecular formula is C22H24N4O. The monoisotopic (exact) mass is 360 g/mol. The number of aromatic nitrogens is 3. The predicted molar refractivity (Wildman–Crippen MR) is 105 cm³/mol. The average molecular weight is 360 g/mol. The van der Waals surface area contributed by atoms with Gasteiger partial charge in [-0.1, -0.05) is 12.8 Å². The number of rotatable bonds is 2. The van der Waals surface area contributed by atoms with Crippen LogP contribution in [-0.4, -0.2) is 38.3 Å². The Morgan fingerprint density at radius 1 is 1.04 bits per heavy atom. The molecule has 0 radical (unpaired) electrons. The predicted octanol–water partition coefficient (Wildman–Crippen LogP) is 4.42. The molecule has 2 aliphatic rings. The number of H-pyrrole nitrogens is 1. The Morgan fingerprint density at radius 2 is 1.85 bits per heavy atom. The normalized spacial score (nSPS) is 22.6. The number of nitrogens with zero attached hydrogens (tertiary/aromatic N) is 3. The Bertz CT molecular complexity index is 963. The van der Waals surface area contributed by atoms with Gasteiger partial charge in [-0.25, -0.2) is 4.98 Å². The molecule has 2 atom stereocenters. The van der Waals surface area contributed by atoms with Crippen LogP contribution in [0.15, 0.2) is 42.7 Å². The second-order valence-corrected chi connectivity index (χ2v) is 7.81. The van der Waals surface area contributed by atoms with E-state index in [4.69, 9.17) is 0 Å². The van der Waals surface area contributed by atoms with Gasteiger partial charge in [-0.05, 0) is 61.9 Å². The Balaban J connectivity index is 1.45. The van der Waals surface area contributed by atoms with Crippen LogP contribution in [0.1, 0.15) is 48.9 Å². The van der Waals surface area contributed by atoms with Crippen molar-refractivity contribution < 1.29 is 4.79 Å². The number of piperidine rings is 1. The molecule has 1 saturated carbocycles. The summed E-state index contributed by atoms with van der Waals surface area (Å²) in [4.78, 5) is 27.5. The molecule has 1 N–H and O–H groups in total. The lowest BCUT2D eigenvalue weighted by molar-refractivity contribution is 0.0391. The standard InChI is InChI=1S/C22H24N4O/c27-22(26-13-3-5-15-4-1-2-6-20(15)26)17-7-8-18-19(14-17)25-21(24-18)16-9-11-23-12-10-16/h7-12,14-15,20H,1-6,13H2,(H,24,25). The number of carbonyl (C=O) groups excluding carboxylic acids is 1. The topological polar surface area (TPSA) is 61.9 Å². The number of amides is 1. The quantitative estimate of drug-likeness (QED) is 0.736. The molecule has 1 amide bonds. The average Bonchev–Trinajstić information content (AvgIpc) is 3.17. The summed E-state index contributed by atoms with van der Waals surface area (Å²) in [5, 5.41) is 0. The Morgan fingerprint density at radius 3 is 2.74 bits per heavy atom. The molecular weight excluding hydrogens is 336 g/mol. The van der Waals surface area contributed by atoms with Gasteiger partial charge in [-0.3, -0.25) is 9.78 Å². The zero-order chi connectivity index (χ0) is 18.2. The van der Waals surface area contributed by atoms with Crippen molar-refractivity contribution in [2.75, 3.05) is 6.54 Å². The first kappa shape index (κ1) is 16.5. The SMILES string of the molecule is O=C(c1ccc2nc(-c3ccncc3)[nH]c2c1)N1CCCC2CCCCC21. The smallest absolute Gasteiger partial charge is 0.254 e. The van der Waals surface area contributed by atoms with Crippen LogP contribution in [0.3, 0.4) is 0 Å². The third-order valence-corrected chi connectivity index (χ3v) is 6.19. The van der Waals surface area contributed by atoms with Crippen LogP contribution in [0, 0.1) is 5.92 Å². The van der Waals surface area contributed by atoms with Gasteiger partial charge in [-0.2, -0.15) is 0 Å². The minimum Gasteiger partial charge on any atom is -0.338 e. The molecule has 2 unspecified atom stereocenters. The van der Waals surface area contributed by atoms with Crippen LogP contribution in [0.4, 0.5) is 0 Å². The summed E-state index contributed by atoms with van der Waals surface area (Å²) in [5.41, 5.74) is 3.55. The van der Waals surface area contributed by atoms with E-state index in [9.17, 15) is 4.79 Å². The van der Waals surface area contributed by atoms with Gasteiger partial charge in [-0.15, -0.1) is 0 Å². The number of likely N-dealkylation sites (tertiary alicyclic amines) is 1. The van der Waals surface area contributed by atoms with E-state index in [0.29, 0.717) is 12.0 Å². The molecule has 5 rings (SSSR count). The minimum absolute atomic E-state index is 0.175. The van der Waals surface area contributed by atoms with Crippen LogP contribution in [0.5, 0.6) is 0 Å². The van der Waals surface area contributed by atoms with Crippen LogP contribution in [0.2, 0.25) is 0 Å². The minimum atomic E-state index is 0.175. The molecule has 1 aliphatic heterocycles. The molecule has 1 aliphatic carbocycles. The van der Waals surface area contributed by atoms with Gasteiger partial charge < -0.3 is 9.88 Å². The summed E-state index contributed by atoms with van der Waals surface area (Å²) >= 11 is 0. The molecule has 2 fully saturated rings. The summed E-state index contributed by atoms with van der Waals surface area (Å²) in [6.45, 7) is 0.892. The van der Waals surface area contributed by atoms with Gasteiger partial charge >= 0.3 is 0 Å². The van der Waals surface area contributed by atoms with E-state index >= 15 is 0 Å². The second-order valence-electron chi connectivity index (χ2n) is 7.81. The zero-order valence-electron chi connectivity index (χ0n) is 15.4. The lowest BCUT2D eigenvalue weighted by atomic mass is 9.78. The summed E-state index contributed by atoms with van der Waals surface area (Å²) in [5.74, 6) is 1.68. The maximum atomic E-state index is 13.3. The summed E-state index contributed by atoms with van der Waals surface area (Å²) in [6, 6.07) is 10.1. The molecule has 138 valence electrons. The van der Waals surface area contributed by atoms with Crippen molar-refractivity contribution in [3.63, 3.8) is 0 Å². The lowest BCUT2D eigenvalue weighted by Crippen LogP contribution is -2.49. The summed E-state index contributed by atoms with van der Waals surface area (Å²) in [6.07, 6.45) is 10.9. The molecule has 3 heterocycles. The highest BCUT2D eigenvalue weighted by atomic mass is 16.2. The van der Waals surface area contributed by atoms with Crippen molar-refractivity contribution >= 4 is 16.9 Å². The van der Waals surface area contributed by atoms with Crippen molar-refractivity contribution in [2.24, 2.45) is 5.92 Å². The van der Waals surface area contributed by atoms with Gasteiger partial charge in [0.25, 0.3) is 5.91 Å². The van der Waals surface area contributed by atoms with Crippen molar-refractivity contribution in [1.82, 2.24) is 19.9 Å². The van der Waals surface area contributed by atoms with Crippen molar-refractivity contribution in [2.45, 2.75) is 44.6 Å². The Kier molecular flexibility index (Phi) is 4.15. The van der Waals surface area contributed by atoms with Gasteiger partial charge in [0.05, 0.1) is 11.0 Å². The molecule has 3 aromatic rings. The van der Waals surface area contributed by atoms with E-state index in [1.165, 1.54) is 25.7 Å². The van der Waals surface area contributed by atoms with E-state index in [2.05, 4.69) is 19.9 Å². The van der Waals surface area contributed by atoms with Crippen LogP contribution < -0.4 is 0 Å². The van der Waals surface area contributed by atoms with E-state index < -0.39 is 0 Å². The largest absolute Gasteiger partial charge is 0.338 e. The van der Waals surface area contributed by atoms with Gasteiger partial charge in [0.1, 0.15) is 5.82 Å². The number of hydrogen-bond donors (Lipinski definition) is 1. The van der Waals surface area contributed by atoms with Crippen LogP contribution in [-0.2, 0) is 0 Å². The Hall–Kier alpha value is -2.69. The van der Waals surface area contributed by atoms with Gasteiger partial charge in [0.15, 0.2) is 0 Å². The van der Waals surface area contributed by atoms with Crippen molar-refractivity contribution in [3.8, 4) is 11.4 Å². The second kappa shape index (κ2) is 6.80. The zero-order valence-corrected chi connectivity index (χ0v) is 15.4. The molecule has 2 aromatic heterocycles. The number of fused-ring (bicyclic) bond motifs is 2. The fourth-order valence-corrected chi connectivity index (χ4v) is 4.83. The first-order valence-corrected chi connectivity index (χ1v) is 10.0. The number of aromatic amines is 1. The maximum Gasteiger partial charge on any atom is 0.254 e. The van der Waals surface area contributed by atoms with E-state index in [-0.39, 0.29) is 5.91 Å². The van der Waals surface area contributed by atoms with Gasteiger partial charge in [0, 0.05) is 36.1 Å². The van der Waals surface area contributed by atoms with Crippen molar-refractivity contribution in [3.05, 3.63) is 48.3 Å². The summed E-state index contributed by atoms with van der Waals surface area (Å²) in [7, 11) is 0. The first-order valence-electron chi connectivity index (χ1n) is 10.0. The number of pyridine rings is 1. The molecule has 0 spiro atoms. The highest BCUT2D eigenvalue weighted by Crippen LogP contribution is 2.36. The van der Waals surface area contributed by atoms with E-state index in [1.807, 2.05) is 30.3 Å². The van der Waals surface area contributed by atoms with Crippen molar-refractivity contribution in [1.29, 1.82) is 0 Å². The third kappa shape index (κ3) is 3.01. The molecule has 5 nitrogen and oxygen atoms in total. The highest BCUT2D eigenvalue weighted by molar-refractivity contribution is 5.98. The summed E-state index contributed by atoms with van der Waals surface area (Å²) < 4.78 is 0. The highest BCUT2D eigenvalue weighted by Gasteiger charge is 2.36. The fraction of sp³-hybridized carbons (Fsp3) is 0.409. The molecule has 27 heavy (non-hydrogen) atoms. The number of hydrogen-bond acceptors (Lipinski definition) is 3. The molecule has 1 aromatic carbocycles. The number of imidazole rings is 1. The van der Waals surface area contributed by atoms with E-state index in [1.54, 1.807) is 12.4 Å². The lowest BCUT2D eigenvalue weighted by Gasteiger charge is -2.44. The number of benzene rings is 1. The third-order valence-electron chi connectivity index (χ3n) is 6.19.